The lowest BCUT2D eigenvalue weighted by Crippen LogP contribution is -2.37. The van der Waals surface area contributed by atoms with Crippen LogP contribution in [0.5, 0.6) is 0 Å². The van der Waals surface area contributed by atoms with Crippen LogP contribution in [0.3, 0.4) is 0 Å². The Balaban J connectivity index is 0.00000200. The van der Waals surface area contributed by atoms with Gasteiger partial charge < -0.3 is 10.6 Å². The second-order valence-corrected chi connectivity index (χ2v) is 5.34. The normalized spacial score (nSPS) is 14.6. The smallest absolute Gasteiger partial charge is 0.191 e. The van der Waals surface area contributed by atoms with E-state index in [1.807, 2.05) is 0 Å². The highest BCUT2D eigenvalue weighted by molar-refractivity contribution is 14.0. The summed E-state index contributed by atoms with van der Waals surface area (Å²) in [7, 11) is 0. The van der Waals surface area contributed by atoms with Crippen LogP contribution in [-0.2, 0) is 6.54 Å². The van der Waals surface area contributed by atoms with Crippen LogP contribution in [-0.4, -0.2) is 19.0 Å². The molecule has 0 heterocycles. The van der Waals surface area contributed by atoms with E-state index in [-0.39, 0.29) is 24.0 Å². The molecule has 20 heavy (non-hydrogen) atoms. The number of nitrogens with one attached hydrogen (secondary N) is 2. The summed E-state index contributed by atoms with van der Waals surface area (Å²) in [4.78, 5) is 4.63. The first-order valence-corrected chi connectivity index (χ1v) is 7.35. The quantitative estimate of drug-likeness (QED) is 0.446. The lowest BCUT2D eigenvalue weighted by Gasteiger charge is -2.11. The van der Waals surface area contributed by atoms with Crippen molar-refractivity contribution >= 4 is 29.9 Å². The van der Waals surface area contributed by atoms with Gasteiger partial charge in [-0.05, 0) is 31.7 Å². The first-order chi connectivity index (χ1) is 9.28. The molecule has 0 atom stereocenters. The van der Waals surface area contributed by atoms with Crippen LogP contribution in [0.2, 0.25) is 0 Å². The van der Waals surface area contributed by atoms with Crippen LogP contribution in [0, 0.1) is 12.8 Å². The second-order valence-electron chi connectivity index (χ2n) is 5.34. The van der Waals surface area contributed by atoms with Crippen molar-refractivity contribution in [1.29, 1.82) is 0 Å². The van der Waals surface area contributed by atoms with Crippen LogP contribution < -0.4 is 10.6 Å². The number of aliphatic imine (C=N–C) groups is 1. The molecular formula is C16H26IN3. The Kier molecular flexibility index (Phi) is 7.95. The highest BCUT2D eigenvalue weighted by Crippen LogP contribution is 2.31. The third kappa shape index (κ3) is 6.59. The Bertz CT molecular complexity index is 410. The fourth-order valence-corrected chi connectivity index (χ4v) is 2.01. The second kappa shape index (κ2) is 9.21. The van der Waals surface area contributed by atoms with E-state index in [1.165, 1.54) is 30.4 Å². The van der Waals surface area contributed by atoms with E-state index < -0.39 is 0 Å². The van der Waals surface area contributed by atoms with E-state index in [1.54, 1.807) is 0 Å². The molecule has 0 bridgehead atoms. The maximum absolute atomic E-state index is 4.63. The molecule has 2 N–H and O–H groups in total. The Labute approximate surface area is 139 Å². The van der Waals surface area contributed by atoms with Crippen molar-refractivity contribution in [3.05, 3.63) is 35.4 Å². The molecule has 1 aliphatic rings. The molecule has 0 unspecified atom stereocenters. The van der Waals surface area contributed by atoms with Gasteiger partial charge in [0.15, 0.2) is 5.96 Å². The minimum Gasteiger partial charge on any atom is -0.357 e. The number of hydrogen-bond donors (Lipinski definition) is 2. The van der Waals surface area contributed by atoms with Crippen molar-refractivity contribution in [2.45, 2.75) is 39.7 Å². The van der Waals surface area contributed by atoms with Gasteiger partial charge in [0.2, 0.25) is 0 Å². The monoisotopic (exact) mass is 387 g/mol. The zero-order chi connectivity index (χ0) is 13.5. The van der Waals surface area contributed by atoms with Crippen LogP contribution in [0.4, 0.5) is 0 Å². The lowest BCUT2D eigenvalue weighted by molar-refractivity contribution is 0.685. The number of guanidine groups is 1. The van der Waals surface area contributed by atoms with Crippen LogP contribution in [0.15, 0.2) is 29.3 Å². The highest BCUT2D eigenvalue weighted by Gasteiger charge is 2.20. The molecule has 1 fully saturated rings. The number of halogens is 1. The zero-order valence-electron chi connectivity index (χ0n) is 12.5. The van der Waals surface area contributed by atoms with Crippen LogP contribution in [0.25, 0.3) is 0 Å². The maximum Gasteiger partial charge on any atom is 0.191 e. The van der Waals surface area contributed by atoms with Gasteiger partial charge in [0.1, 0.15) is 0 Å². The van der Waals surface area contributed by atoms with Gasteiger partial charge in [0, 0.05) is 13.1 Å². The molecule has 0 amide bonds. The minimum absolute atomic E-state index is 0. The molecular weight excluding hydrogens is 361 g/mol. The molecule has 0 aliphatic heterocycles. The van der Waals surface area contributed by atoms with E-state index in [4.69, 9.17) is 0 Å². The number of hydrogen-bond acceptors (Lipinski definition) is 1. The van der Waals surface area contributed by atoms with Gasteiger partial charge in [-0.2, -0.15) is 0 Å². The molecule has 112 valence electrons. The molecule has 1 aliphatic carbocycles. The van der Waals surface area contributed by atoms with E-state index in [0.29, 0.717) is 0 Å². The minimum atomic E-state index is 0. The SMILES string of the molecule is CCNC(=NCc1ccc(C)cc1)NCCC1CC1.I. The molecule has 1 aromatic rings. The summed E-state index contributed by atoms with van der Waals surface area (Å²) in [6, 6.07) is 8.57. The van der Waals surface area contributed by atoms with Gasteiger partial charge in [0.25, 0.3) is 0 Å². The van der Waals surface area contributed by atoms with Crippen molar-refractivity contribution in [3.8, 4) is 0 Å². The van der Waals surface area contributed by atoms with Crippen molar-refractivity contribution in [1.82, 2.24) is 10.6 Å². The number of aryl methyl sites for hydroxylation is 1. The molecule has 0 saturated heterocycles. The molecule has 1 saturated carbocycles. The first-order valence-electron chi connectivity index (χ1n) is 7.35. The van der Waals surface area contributed by atoms with Crippen LogP contribution >= 0.6 is 24.0 Å². The molecule has 2 rings (SSSR count). The van der Waals surface area contributed by atoms with Gasteiger partial charge in [-0.1, -0.05) is 42.7 Å². The van der Waals surface area contributed by atoms with E-state index in [2.05, 4.69) is 53.7 Å². The van der Waals surface area contributed by atoms with Crippen molar-refractivity contribution < 1.29 is 0 Å². The van der Waals surface area contributed by atoms with E-state index in [9.17, 15) is 0 Å². The summed E-state index contributed by atoms with van der Waals surface area (Å²) in [5.41, 5.74) is 2.55. The third-order valence-electron chi connectivity index (χ3n) is 3.43. The lowest BCUT2D eigenvalue weighted by atomic mass is 10.1. The van der Waals surface area contributed by atoms with E-state index >= 15 is 0 Å². The largest absolute Gasteiger partial charge is 0.357 e. The van der Waals surface area contributed by atoms with Gasteiger partial charge in [-0.3, -0.25) is 0 Å². The molecule has 4 heteroatoms. The zero-order valence-corrected chi connectivity index (χ0v) is 14.8. The average Bonchev–Trinajstić information content (AvgIpc) is 3.22. The van der Waals surface area contributed by atoms with E-state index in [0.717, 1.165) is 31.5 Å². The Morgan fingerprint density at radius 3 is 2.50 bits per heavy atom. The molecule has 0 radical (unpaired) electrons. The summed E-state index contributed by atoms with van der Waals surface area (Å²) in [5.74, 6) is 1.90. The summed E-state index contributed by atoms with van der Waals surface area (Å²) in [6.07, 6.45) is 4.10. The van der Waals surface area contributed by atoms with Crippen LogP contribution in [0.1, 0.15) is 37.3 Å². The first kappa shape index (κ1) is 17.3. The summed E-state index contributed by atoms with van der Waals surface area (Å²) >= 11 is 0. The Morgan fingerprint density at radius 1 is 1.20 bits per heavy atom. The van der Waals surface area contributed by atoms with Gasteiger partial charge in [-0.15, -0.1) is 24.0 Å². The molecule has 0 spiro atoms. The predicted octanol–water partition coefficient (Wildman–Crippen LogP) is 3.47. The fraction of sp³-hybridized carbons (Fsp3) is 0.562. The van der Waals surface area contributed by atoms with Gasteiger partial charge >= 0.3 is 0 Å². The number of rotatable bonds is 6. The molecule has 0 aromatic heterocycles. The summed E-state index contributed by atoms with van der Waals surface area (Å²) in [6.45, 7) is 6.88. The predicted molar refractivity (Wildman–Crippen MR) is 96.8 cm³/mol. The van der Waals surface area contributed by atoms with Crippen molar-refractivity contribution in [2.75, 3.05) is 13.1 Å². The fourth-order valence-electron chi connectivity index (χ4n) is 2.01. The topological polar surface area (TPSA) is 36.4 Å². The number of nitrogens with zero attached hydrogens (tertiary/aromatic N) is 1. The molecule has 1 aromatic carbocycles. The summed E-state index contributed by atoms with van der Waals surface area (Å²) < 4.78 is 0. The Hall–Kier alpha value is -0.780. The summed E-state index contributed by atoms with van der Waals surface area (Å²) in [5, 5.41) is 6.71. The Morgan fingerprint density at radius 2 is 1.90 bits per heavy atom. The average molecular weight is 387 g/mol. The van der Waals surface area contributed by atoms with Gasteiger partial charge in [0.05, 0.1) is 6.54 Å². The third-order valence-corrected chi connectivity index (χ3v) is 3.43. The van der Waals surface area contributed by atoms with Crippen molar-refractivity contribution in [3.63, 3.8) is 0 Å². The molecule has 3 nitrogen and oxygen atoms in total. The highest BCUT2D eigenvalue weighted by atomic mass is 127. The number of benzene rings is 1. The standard InChI is InChI=1S/C16H25N3.HI/c1-3-17-16(18-11-10-14-8-9-14)19-12-15-6-4-13(2)5-7-15;/h4-7,14H,3,8-12H2,1-2H3,(H2,17,18,19);1H. The van der Waals surface area contributed by atoms with Crippen molar-refractivity contribution in [2.24, 2.45) is 10.9 Å². The maximum atomic E-state index is 4.63. The van der Waals surface area contributed by atoms with Gasteiger partial charge in [-0.25, -0.2) is 4.99 Å².